The Morgan fingerprint density at radius 3 is 1.91 bits per heavy atom. The maximum absolute atomic E-state index is 13.6. The predicted octanol–water partition coefficient (Wildman–Crippen LogP) is 6.57. The van der Waals surface area contributed by atoms with Crippen molar-refractivity contribution in [3.05, 3.63) is 102 Å². The van der Waals surface area contributed by atoms with E-state index in [1.165, 1.54) is 88.3 Å². The van der Waals surface area contributed by atoms with E-state index in [-0.39, 0.29) is 28.2 Å². The van der Waals surface area contributed by atoms with Gasteiger partial charge in [0.15, 0.2) is 11.6 Å². The number of rotatable bonds is 4. The van der Waals surface area contributed by atoms with Crippen LogP contribution in [-0.4, -0.2) is 42.3 Å². The molecule has 5 N–H and O–H groups in total. The Bertz CT molecular complexity index is 1570. The molecule has 1 amide bonds. The summed E-state index contributed by atoms with van der Waals surface area (Å²) in [6, 6.07) is 20.5. The van der Waals surface area contributed by atoms with Crippen molar-refractivity contribution in [2.75, 3.05) is 31.5 Å². The number of carbonyl (C=O) groups is 1. The summed E-state index contributed by atoms with van der Waals surface area (Å²) in [5, 5.41) is 38.7. The minimum atomic E-state index is -1.07. The summed E-state index contributed by atoms with van der Waals surface area (Å²) in [5.41, 5.74) is 2.40. The largest absolute Gasteiger partial charge is 0.507 e. The number of carbonyl (C=O) groups excluding carboxylic acids is 1. The van der Waals surface area contributed by atoms with Gasteiger partial charge in [-0.2, -0.15) is 5.26 Å². The lowest BCUT2D eigenvalue weighted by molar-refractivity contribution is 0.102. The zero-order valence-corrected chi connectivity index (χ0v) is 23.7. The zero-order valence-electron chi connectivity index (χ0n) is 23.7. The fourth-order valence-corrected chi connectivity index (χ4v) is 4.63. The Kier molecular flexibility index (Phi) is 11.2. The summed E-state index contributed by atoms with van der Waals surface area (Å²) in [5.74, 6) is -2.81. The smallest absolute Gasteiger partial charge is 0.255 e. The van der Waals surface area contributed by atoms with Crippen molar-refractivity contribution in [3.63, 3.8) is 0 Å². The lowest BCUT2D eigenvalue weighted by Gasteiger charge is -2.11. The van der Waals surface area contributed by atoms with Crippen molar-refractivity contribution in [2.45, 2.75) is 25.7 Å². The van der Waals surface area contributed by atoms with Crippen LogP contribution in [0.4, 0.5) is 14.5 Å². The van der Waals surface area contributed by atoms with Gasteiger partial charge in [0.25, 0.3) is 5.91 Å². The summed E-state index contributed by atoms with van der Waals surface area (Å²) < 4.78 is 26.9. The summed E-state index contributed by atoms with van der Waals surface area (Å²) in [6.07, 6.45) is 5.56. The van der Waals surface area contributed by atoms with Crippen LogP contribution in [0.3, 0.4) is 0 Å². The molecule has 0 unspecified atom stereocenters. The molecule has 0 atom stereocenters. The summed E-state index contributed by atoms with van der Waals surface area (Å²) >= 11 is 0. The van der Waals surface area contributed by atoms with Crippen LogP contribution in [-0.2, 0) is 0 Å². The van der Waals surface area contributed by atoms with E-state index in [0.29, 0.717) is 22.4 Å². The highest BCUT2D eigenvalue weighted by atomic mass is 19.2. The van der Waals surface area contributed by atoms with Gasteiger partial charge in [-0.15, -0.1) is 0 Å². The first-order chi connectivity index (χ1) is 20.9. The second-order valence-electron chi connectivity index (χ2n) is 10.2. The molecule has 2 saturated heterocycles. The number of benzene rings is 4. The van der Waals surface area contributed by atoms with E-state index < -0.39 is 17.5 Å². The first-order valence-corrected chi connectivity index (χ1v) is 14.2. The van der Waals surface area contributed by atoms with Gasteiger partial charge >= 0.3 is 0 Å². The van der Waals surface area contributed by atoms with Crippen LogP contribution in [0.25, 0.3) is 22.3 Å². The lowest BCUT2D eigenvalue weighted by atomic mass is 10.0. The second-order valence-corrected chi connectivity index (χ2v) is 10.2. The molecule has 0 spiro atoms. The fourth-order valence-electron chi connectivity index (χ4n) is 4.63. The molecule has 0 aliphatic carbocycles. The molecule has 0 bridgehead atoms. The number of halogens is 2. The monoisotopic (exact) mass is 584 g/mol. The Labute approximate surface area is 249 Å². The number of anilines is 1. The number of nitriles is 1. The third kappa shape index (κ3) is 8.85. The molecule has 2 fully saturated rings. The van der Waals surface area contributed by atoms with E-state index >= 15 is 0 Å². The molecule has 2 aliphatic heterocycles. The number of hydrogen-bond acceptors (Lipinski definition) is 6. The van der Waals surface area contributed by atoms with Crippen LogP contribution in [0.5, 0.6) is 11.5 Å². The van der Waals surface area contributed by atoms with Gasteiger partial charge in [0.1, 0.15) is 11.5 Å². The average Bonchev–Trinajstić information content (AvgIpc) is 3.80. The first kappa shape index (κ1) is 31.2. The molecule has 0 saturated carbocycles. The first-order valence-electron chi connectivity index (χ1n) is 14.2. The maximum atomic E-state index is 13.6. The van der Waals surface area contributed by atoms with Gasteiger partial charge in [0.2, 0.25) is 0 Å². The van der Waals surface area contributed by atoms with E-state index in [9.17, 15) is 23.8 Å². The molecule has 43 heavy (non-hydrogen) atoms. The van der Waals surface area contributed by atoms with Crippen molar-refractivity contribution >= 4 is 11.6 Å². The number of amides is 1. The van der Waals surface area contributed by atoms with Crippen molar-refractivity contribution < 1.29 is 23.8 Å². The molecule has 0 radical (unpaired) electrons. The Hall–Kier alpha value is -4.78. The van der Waals surface area contributed by atoms with Crippen LogP contribution in [0, 0.1) is 23.0 Å². The maximum Gasteiger partial charge on any atom is 0.255 e. The fraction of sp³-hybridized carbons (Fsp3) is 0.235. The van der Waals surface area contributed by atoms with E-state index in [4.69, 9.17) is 5.26 Å². The minimum absolute atomic E-state index is 0.0201. The molecule has 4 aromatic rings. The molecule has 0 aromatic heterocycles. The van der Waals surface area contributed by atoms with E-state index in [2.05, 4.69) is 16.0 Å². The summed E-state index contributed by atoms with van der Waals surface area (Å²) in [6.45, 7) is 5.00. The molecule has 2 heterocycles. The van der Waals surface area contributed by atoms with Crippen LogP contribution >= 0.6 is 0 Å². The van der Waals surface area contributed by atoms with Gasteiger partial charge in [-0.1, -0.05) is 18.2 Å². The number of phenols is 2. The molecule has 7 nitrogen and oxygen atoms in total. The van der Waals surface area contributed by atoms with Gasteiger partial charge in [-0.3, -0.25) is 4.79 Å². The van der Waals surface area contributed by atoms with Crippen LogP contribution in [0.2, 0.25) is 0 Å². The van der Waals surface area contributed by atoms with Crippen LogP contribution in [0.15, 0.2) is 78.9 Å². The minimum Gasteiger partial charge on any atom is -0.507 e. The lowest BCUT2D eigenvalue weighted by Crippen LogP contribution is -2.12. The molecular weight excluding hydrogens is 550 g/mol. The molecule has 2 aliphatic rings. The van der Waals surface area contributed by atoms with Gasteiger partial charge in [0, 0.05) is 22.4 Å². The van der Waals surface area contributed by atoms with E-state index in [1.807, 2.05) is 6.07 Å². The number of aromatic hydroxyl groups is 2. The number of nitrogens with zero attached hydrogens (tertiary/aromatic N) is 1. The highest BCUT2D eigenvalue weighted by Crippen LogP contribution is 2.34. The van der Waals surface area contributed by atoms with Gasteiger partial charge in [-0.05, 0) is 124 Å². The summed E-state index contributed by atoms with van der Waals surface area (Å²) in [4.78, 5) is 12.8. The quantitative estimate of drug-likeness (QED) is 0.173. The molecular formula is C34H34F2N4O3. The highest BCUT2D eigenvalue weighted by Gasteiger charge is 2.14. The Morgan fingerprint density at radius 2 is 1.33 bits per heavy atom. The molecule has 6 rings (SSSR count). The van der Waals surface area contributed by atoms with Gasteiger partial charge in [0.05, 0.1) is 11.6 Å². The second kappa shape index (κ2) is 15.4. The molecule has 4 aromatic carbocycles. The average molecular weight is 585 g/mol. The van der Waals surface area contributed by atoms with Crippen molar-refractivity contribution in [1.29, 1.82) is 5.26 Å². The Balaban J connectivity index is 0.000000355. The third-order valence-corrected chi connectivity index (χ3v) is 6.96. The van der Waals surface area contributed by atoms with Crippen molar-refractivity contribution in [2.24, 2.45) is 0 Å². The Morgan fingerprint density at radius 1 is 0.721 bits per heavy atom. The van der Waals surface area contributed by atoms with Crippen molar-refractivity contribution in [3.8, 4) is 39.8 Å². The van der Waals surface area contributed by atoms with Gasteiger partial charge < -0.3 is 26.2 Å². The topological polar surface area (TPSA) is 117 Å². The SMILES string of the molecule is C1CCNC1.C1CCNC1.N#Cc1cccc(-c2cc(NC(=O)c3ccc(O)c(-c4ccc(F)c(F)c4)c3)ccc2O)c1. The third-order valence-electron chi connectivity index (χ3n) is 6.96. The highest BCUT2D eigenvalue weighted by molar-refractivity contribution is 6.05. The van der Waals surface area contributed by atoms with Crippen molar-refractivity contribution in [1.82, 2.24) is 10.6 Å². The standard InChI is InChI=1S/C26H16F2N2O3.2C4H9N/c27-22-7-4-17(12-23(22)28)20-11-18(5-8-24(20)31)26(33)30-19-6-9-25(32)21(13-19)16-3-1-2-15(10-16)14-29;2*1-2-4-5-3-1/h1-13,31-32H,(H,30,33);2*5H,1-4H2. The predicted molar refractivity (Wildman–Crippen MR) is 164 cm³/mol. The summed E-state index contributed by atoms with van der Waals surface area (Å²) in [7, 11) is 0. The van der Waals surface area contributed by atoms with Crippen LogP contribution in [0.1, 0.15) is 41.6 Å². The van der Waals surface area contributed by atoms with E-state index in [0.717, 1.165) is 12.1 Å². The zero-order chi connectivity index (χ0) is 30.6. The van der Waals surface area contributed by atoms with Gasteiger partial charge in [-0.25, -0.2) is 8.78 Å². The van der Waals surface area contributed by atoms with Crippen LogP contribution < -0.4 is 16.0 Å². The van der Waals surface area contributed by atoms with E-state index in [1.54, 1.807) is 30.3 Å². The number of hydrogen-bond donors (Lipinski definition) is 5. The molecule has 222 valence electrons. The molecule has 9 heteroatoms. The number of phenolic OH excluding ortho intramolecular Hbond substituents is 2. The normalized spacial score (nSPS) is 13.6. The number of nitrogens with one attached hydrogen (secondary N) is 3.